The quantitative estimate of drug-likeness (QED) is 0.844. The van der Waals surface area contributed by atoms with E-state index in [0.717, 1.165) is 6.42 Å². The summed E-state index contributed by atoms with van der Waals surface area (Å²) in [5.74, 6) is 1.07. The summed E-state index contributed by atoms with van der Waals surface area (Å²) in [6, 6.07) is 1.69. The van der Waals surface area contributed by atoms with Gasteiger partial charge in [0.2, 0.25) is 5.91 Å². The first-order chi connectivity index (χ1) is 6.85. The normalized spacial score (nSPS) is 27.5. The Labute approximate surface area is 104 Å². The molecule has 1 fully saturated rings. The largest absolute Gasteiger partial charge is 0.360 e. The number of nitrogens with one attached hydrogen (secondary N) is 1. The monoisotopic (exact) mass is 336 g/mol. The van der Waals surface area contributed by atoms with E-state index in [0.29, 0.717) is 11.6 Å². The highest BCUT2D eigenvalue weighted by molar-refractivity contribution is 9.25. The van der Waals surface area contributed by atoms with Crippen LogP contribution in [0.1, 0.15) is 19.1 Å². The summed E-state index contributed by atoms with van der Waals surface area (Å²) in [6.45, 7) is 3.67. The maximum absolute atomic E-state index is 11.9. The highest BCUT2D eigenvalue weighted by atomic mass is 79.9. The molecule has 0 aliphatic heterocycles. The van der Waals surface area contributed by atoms with Crippen LogP contribution in [0.15, 0.2) is 10.6 Å². The van der Waals surface area contributed by atoms with Crippen molar-refractivity contribution in [1.82, 2.24) is 5.16 Å². The number of amides is 1. The topological polar surface area (TPSA) is 55.1 Å². The number of nitrogens with zero attached hydrogens (tertiary/aromatic N) is 1. The first kappa shape index (κ1) is 11.1. The lowest BCUT2D eigenvalue weighted by molar-refractivity contribution is -0.120. The van der Waals surface area contributed by atoms with Crippen molar-refractivity contribution in [1.29, 1.82) is 0 Å². The lowest BCUT2D eigenvalue weighted by atomic mass is 10.1. The molecule has 1 heterocycles. The summed E-state index contributed by atoms with van der Waals surface area (Å²) >= 11 is 6.88. The van der Waals surface area contributed by atoms with Gasteiger partial charge in [-0.1, -0.05) is 37.0 Å². The number of carbonyl (C=O) groups excluding carboxylic acids is 1. The van der Waals surface area contributed by atoms with Crippen molar-refractivity contribution in [2.45, 2.75) is 23.5 Å². The van der Waals surface area contributed by atoms with Gasteiger partial charge in [0.1, 0.15) is 5.76 Å². The van der Waals surface area contributed by atoms with Crippen molar-refractivity contribution in [2.24, 2.45) is 5.41 Å². The van der Waals surface area contributed by atoms with Gasteiger partial charge in [-0.25, -0.2) is 0 Å². The molecule has 1 aliphatic rings. The highest BCUT2D eigenvalue weighted by Gasteiger charge is 2.66. The Hall–Kier alpha value is -0.360. The van der Waals surface area contributed by atoms with Gasteiger partial charge in [-0.3, -0.25) is 4.79 Å². The molecule has 0 saturated heterocycles. The fourth-order valence-corrected chi connectivity index (χ4v) is 2.81. The van der Waals surface area contributed by atoms with Crippen LogP contribution in [0.5, 0.6) is 0 Å². The number of alkyl halides is 2. The standard InChI is InChI=1S/C9H10Br2N2O2/c1-5-3-6(13-15-5)12-7(14)8(2)4-9(8,10)11/h3H,4H2,1-2H3,(H,12,13,14)/t8-/m1/s1. The van der Waals surface area contributed by atoms with Gasteiger partial charge in [0.25, 0.3) is 0 Å². The van der Waals surface area contributed by atoms with E-state index in [4.69, 9.17) is 4.52 Å². The van der Waals surface area contributed by atoms with Gasteiger partial charge < -0.3 is 9.84 Å². The van der Waals surface area contributed by atoms with Crippen molar-refractivity contribution in [3.05, 3.63) is 11.8 Å². The Morgan fingerprint density at radius 3 is 2.67 bits per heavy atom. The maximum Gasteiger partial charge on any atom is 0.233 e. The predicted molar refractivity (Wildman–Crippen MR) is 63.2 cm³/mol. The van der Waals surface area contributed by atoms with E-state index in [1.165, 1.54) is 0 Å². The van der Waals surface area contributed by atoms with E-state index >= 15 is 0 Å². The zero-order valence-electron chi connectivity index (χ0n) is 8.30. The number of rotatable bonds is 2. The van der Waals surface area contributed by atoms with E-state index in [2.05, 4.69) is 42.3 Å². The van der Waals surface area contributed by atoms with E-state index in [9.17, 15) is 4.79 Å². The molecule has 1 atom stereocenters. The third-order valence-electron chi connectivity index (χ3n) is 2.63. The Kier molecular flexibility index (Phi) is 2.46. The molecule has 1 aliphatic carbocycles. The summed E-state index contributed by atoms with van der Waals surface area (Å²) in [7, 11) is 0. The molecule has 0 aromatic carbocycles. The molecular weight excluding hydrogens is 328 g/mol. The molecule has 0 spiro atoms. The third kappa shape index (κ3) is 1.85. The molecule has 1 N–H and O–H groups in total. The van der Waals surface area contributed by atoms with Crippen molar-refractivity contribution in [3.63, 3.8) is 0 Å². The van der Waals surface area contributed by atoms with Crippen LogP contribution in [0.3, 0.4) is 0 Å². The Balaban J connectivity index is 2.06. The average molecular weight is 338 g/mol. The van der Waals surface area contributed by atoms with E-state index in [1.54, 1.807) is 13.0 Å². The molecule has 1 aromatic heterocycles. The third-order valence-corrected chi connectivity index (χ3v) is 4.94. The van der Waals surface area contributed by atoms with Crippen LogP contribution in [0.4, 0.5) is 5.82 Å². The lowest BCUT2D eigenvalue weighted by Crippen LogP contribution is -2.25. The van der Waals surface area contributed by atoms with Crippen molar-refractivity contribution >= 4 is 43.6 Å². The number of aromatic nitrogens is 1. The van der Waals surface area contributed by atoms with Crippen LogP contribution < -0.4 is 5.32 Å². The SMILES string of the molecule is Cc1cc(NC(=O)[C@@]2(C)CC2(Br)Br)no1. The number of aryl methyl sites for hydroxylation is 1. The summed E-state index contributed by atoms with van der Waals surface area (Å²) in [4.78, 5) is 11.9. The summed E-state index contributed by atoms with van der Waals surface area (Å²) < 4.78 is 4.58. The number of anilines is 1. The smallest absolute Gasteiger partial charge is 0.233 e. The highest BCUT2D eigenvalue weighted by Crippen LogP contribution is 2.66. The van der Waals surface area contributed by atoms with Gasteiger partial charge >= 0.3 is 0 Å². The molecule has 2 rings (SSSR count). The molecule has 1 saturated carbocycles. The van der Waals surface area contributed by atoms with Crippen LogP contribution in [0.25, 0.3) is 0 Å². The molecule has 0 unspecified atom stereocenters. The fourth-order valence-electron chi connectivity index (χ4n) is 1.33. The van der Waals surface area contributed by atoms with Gasteiger partial charge in [0.05, 0.1) is 8.65 Å². The fraction of sp³-hybridized carbons (Fsp3) is 0.556. The summed E-state index contributed by atoms with van der Waals surface area (Å²) in [5.41, 5.74) is -0.431. The van der Waals surface area contributed by atoms with Crippen molar-refractivity contribution in [3.8, 4) is 0 Å². The molecule has 1 aromatic rings. The minimum absolute atomic E-state index is 0.0652. The molecule has 82 valence electrons. The van der Waals surface area contributed by atoms with Gasteiger partial charge in [0, 0.05) is 6.07 Å². The second-order valence-electron chi connectivity index (χ2n) is 3.99. The summed E-state index contributed by atoms with van der Waals surface area (Å²) in [6.07, 6.45) is 0.753. The lowest BCUT2D eigenvalue weighted by Gasteiger charge is -2.10. The minimum atomic E-state index is -0.431. The van der Waals surface area contributed by atoms with Crippen LogP contribution in [-0.4, -0.2) is 14.3 Å². The second-order valence-corrected chi connectivity index (χ2v) is 7.76. The minimum Gasteiger partial charge on any atom is -0.360 e. The first-order valence-electron chi connectivity index (χ1n) is 4.48. The maximum atomic E-state index is 11.9. The molecule has 15 heavy (non-hydrogen) atoms. The number of hydrogen-bond donors (Lipinski definition) is 1. The van der Waals surface area contributed by atoms with Gasteiger partial charge in [0.15, 0.2) is 5.82 Å². The Bertz CT molecular complexity index is 416. The van der Waals surface area contributed by atoms with Crippen LogP contribution in [-0.2, 0) is 4.79 Å². The molecule has 1 amide bonds. The van der Waals surface area contributed by atoms with Crippen LogP contribution >= 0.6 is 31.9 Å². The number of carbonyl (C=O) groups is 1. The number of hydrogen-bond acceptors (Lipinski definition) is 3. The van der Waals surface area contributed by atoms with Crippen LogP contribution in [0, 0.1) is 12.3 Å². The predicted octanol–water partition coefficient (Wildman–Crippen LogP) is 2.82. The van der Waals surface area contributed by atoms with Crippen molar-refractivity contribution < 1.29 is 9.32 Å². The zero-order valence-corrected chi connectivity index (χ0v) is 11.5. The van der Waals surface area contributed by atoms with Gasteiger partial charge in [-0.2, -0.15) is 0 Å². The molecule has 0 radical (unpaired) electrons. The second kappa shape index (κ2) is 3.31. The average Bonchev–Trinajstić information content (AvgIpc) is 2.47. The van der Waals surface area contributed by atoms with E-state index in [1.807, 2.05) is 6.92 Å². The number of halogens is 2. The Morgan fingerprint density at radius 1 is 1.67 bits per heavy atom. The van der Waals surface area contributed by atoms with Crippen LogP contribution in [0.2, 0.25) is 0 Å². The van der Waals surface area contributed by atoms with Crippen molar-refractivity contribution in [2.75, 3.05) is 5.32 Å². The molecule has 0 bridgehead atoms. The first-order valence-corrected chi connectivity index (χ1v) is 6.06. The van der Waals surface area contributed by atoms with E-state index < -0.39 is 5.41 Å². The van der Waals surface area contributed by atoms with Gasteiger partial charge in [-0.05, 0) is 20.3 Å². The molecule has 6 heteroatoms. The molecule has 4 nitrogen and oxygen atoms in total. The molecular formula is C9H10Br2N2O2. The zero-order chi connectivity index (χ0) is 11.3. The summed E-state index contributed by atoms with van der Waals surface area (Å²) in [5, 5.41) is 6.42. The Morgan fingerprint density at radius 2 is 2.27 bits per heavy atom. The van der Waals surface area contributed by atoms with E-state index in [-0.39, 0.29) is 9.14 Å². The van der Waals surface area contributed by atoms with Gasteiger partial charge in [-0.15, -0.1) is 0 Å².